The van der Waals surface area contributed by atoms with E-state index in [9.17, 15) is 18.0 Å². The zero-order chi connectivity index (χ0) is 34.1. The third-order valence-corrected chi connectivity index (χ3v) is 8.75. The number of carbonyl (C=O) groups excluding carboxylic acids is 2. The van der Waals surface area contributed by atoms with E-state index in [2.05, 4.69) is 44.2 Å². The minimum Gasteiger partial charge on any atom is -0.492 e. The van der Waals surface area contributed by atoms with Crippen LogP contribution in [0.4, 0.5) is 28.8 Å². The molecule has 5 rings (SSSR count). The highest BCUT2D eigenvalue weighted by Gasteiger charge is 2.27. The number of likely N-dealkylation sites (N-methyl/N-ethyl adjacent to an activating group) is 1. The van der Waals surface area contributed by atoms with Gasteiger partial charge in [-0.15, -0.1) is 0 Å². The van der Waals surface area contributed by atoms with Gasteiger partial charge in [-0.3, -0.25) is 14.3 Å². The molecule has 0 aliphatic carbocycles. The molecule has 47 heavy (non-hydrogen) atoms. The number of ether oxygens (including phenoxy) is 1. The second-order valence-electron chi connectivity index (χ2n) is 12.9. The standard InChI is InChI=1S/C34H41N7O5S/c1-34(2,3)21-18-27(31(46-6)28(19-21)39-47(7,44)45)37-32(43)30(42)25-12-13-26(24-11-9-8-10-23(24)25)36-29-14-16-35-33(38-29)41-17-15-22(20-41)40(4)5/h8-14,16,18-19,22,39H,15,17,20H2,1-7H3,(H,37,43)(H,35,36,38). The number of benzene rings is 3. The Balaban J connectivity index is 1.43. The zero-order valence-corrected chi connectivity index (χ0v) is 28.5. The fourth-order valence-corrected chi connectivity index (χ4v) is 6.16. The van der Waals surface area contributed by atoms with E-state index >= 15 is 0 Å². The lowest BCUT2D eigenvalue weighted by Gasteiger charge is -2.24. The van der Waals surface area contributed by atoms with Gasteiger partial charge in [0, 0.05) is 42.0 Å². The highest BCUT2D eigenvalue weighted by atomic mass is 32.2. The summed E-state index contributed by atoms with van der Waals surface area (Å²) in [4.78, 5) is 40.8. The molecule has 1 fully saturated rings. The number of hydrogen-bond donors (Lipinski definition) is 3. The lowest BCUT2D eigenvalue weighted by atomic mass is 9.86. The zero-order valence-electron chi connectivity index (χ0n) is 27.7. The number of hydrogen-bond acceptors (Lipinski definition) is 10. The molecule has 3 N–H and O–H groups in total. The van der Waals surface area contributed by atoms with Crippen LogP contribution in [-0.4, -0.2) is 81.6 Å². The average molecular weight is 660 g/mol. The summed E-state index contributed by atoms with van der Waals surface area (Å²) in [6, 6.07) is 16.2. The smallest absolute Gasteiger partial charge is 0.296 e. The van der Waals surface area contributed by atoms with Gasteiger partial charge in [0.25, 0.3) is 11.7 Å². The predicted molar refractivity (Wildman–Crippen MR) is 187 cm³/mol. The first kappa shape index (κ1) is 33.6. The van der Waals surface area contributed by atoms with Crippen LogP contribution in [0, 0.1) is 0 Å². The Morgan fingerprint density at radius 3 is 2.34 bits per heavy atom. The molecule has 0 radical (unpaired) electrons. The van der Waals surface area contributed by atoms with Crippen molar-refractivity contribution in [1.82, 2.24) is 14.9 Å². The Morgan fingerprint density at radius 2 is 1.70 bits per heavy atom. The summed E-state index contributed by atoms with van der Waals surface area (Å²) in [6.45, 7) is 7.57. The summed E-state index contributed by atoms with van der Waals surface area (Å²) in [6.07, 6.45) is 3.78. The number of Topliss-reactive ketones (excluding diaryl/α,β-unsaturated/α-hetero) is 1. The number of nitrogens with zero attached hydrogens (tertiary/aromatic N) is 4. The normalized spacial score (nSPS) is 15.1. The SMILES string of the molecule is COc1c(NC(=O)C(=O)c2ccc(Nc3ccnc(N4CCC(N(C)C)C4)n3)c3ccccc23)cc(C(C)(C)C)cc1NS(C)(=O)=O. The molecule has 1 saturated heterocycles. The van der Waals surface area contributed by atoms with Crippen molar-refractivity contribution in [3.05, 3.63) is 71.9 Å². The van der Waals surface area contributed by atoms with E-state index in [0.29, 0.717) is 28.9 Å². The van der Waals surface area contributed by atoms with Crippen molar-refractivity contribution in [3.63, 3.8) is 0 Å². The van der Waals surface area contributed by atoms with Crippen LogP contribution in [-0.2, 0) is 20.2 Å². The highest BCUT2D eigenvalue weighted by molar-refractivity contribution is 7.92. The minimum absolute atomic E-state index is 0.0874. The predicted octanol–water partition coefficient (Wildman–Crippen LogP) is 5.01. The first-order chi connectivity index (χ1) is 22.1. The molecular weight excluding hydrogens is 618 g/mol. The van der Waals surface area contributed by atoms with Gasteiger partial charge in [-0.2, -0.15) is 4.98 Å². The molecule has 1 atom stereocenters. The number of aromatic nitrogens is 2. The van der Waals surface area contributed by atoms with Crippen LogP contribution >= 0.6 is 0 Å². The first-order valence-corrected chi connectivity index (χ1v) is 17.1. The lowest BCUT2D eigenvalue weighted by Crippen LogP contribution is -2.32. The number of methoxy groups -OCH3 is 1. The van der Waals surface area contributed by atoms with E-state index in [-0.39, 0.29) is 22.7 Å². The topological polar surface area (TPSA) is 146 Å². The molecule has 1 aliphatic rings. The van der Waals surface area contributed by atoms with Gasteiger partial charge in [0.1, 0.15) is 5.82 Å². The van der Waals surface area contributed by atoms with Gasteiger partial charge in [-0.1, -0.05) is 45.0 Å². The quantitative estimate of drug-likeness (QED) is 0.157. The van der Waals surface area contributed by atoms with Crippen LogP contribution in [0.15, 0.2) is 60.8 Å². The third kappa shape index (κ3) is 7.63. The number of rotatable bonds is 10. The maximum Gasteiger partial charge on any atom is 0.296 e. The van der Waals surface area contributed by atoms with E-state index in [1.807, 2.05) is 32.9 Å². The number of sulfonamides is 1. The fraction of sp³-hybridized carbons (Fsp3) is 0.353. The summed E-state index contributed by atoms with van der Waals surface area (Å²) in [5.41, 5.74) is 1.56. The minimum atomic E-state index is -3.67. The van der Waals surface area contributed by atoms with Crippen molar-refractivity contribution in [2.45, 2.75) is 38.6 Å². The van der Waals surface area contributed by atoms with Gasteiger partial charge in [0.2, 0.25) is 16.0 Å². The molecule has 12 nitrogen and oxygen atoms in total. The van der Waals surface area contributed by atoms with E-state index in [1.165, 1.54) is 7.11 Å². The van der Waals surface area contributed by atoms with Crippen molar-refractivity contribution < 1.29 is 22.7 Å². The first-order valence-electron chi connectivity index (χ1n) is 15.2. The Bertz CT molecular complexity index is 1940. The molecule has 0 spiro atoms. The molecule has 0 saturated carbocycles. The second kappa shape index (κ2) is 13.2. The molecule has 3 aromatic carbocycles. The molecule has 1 aromatic heterocycles. The largest absolute Gasteiger partial charge is 0.492 e. The van der Waals surface area contributed by atoms with Crippen LogP contribution in [0.25, 0.3) is 10.8 Å². The number of fused-ring (bicyclic) bond motifs is 1. The van der Waals surface area contributed by atoms with Gasteiger partial charge in [0.15, 0.2) is 5.75 Å². The molecule has 1 aliphatic heterocycles. The molecule has 248 valence electrons. The van der Waals surface area contributed by atoms with Crippen LogP contribution in [0.5, 0.6) is 5.75 Å². The maximum absolute atomic E-state index is 13.7. The van der Waals surface area contributed by atoms with Crippen LogP contribution in [0.1, 0.15) is 43.1 Å². The van der Waals surface area contributed by atoms with E-state index in [4.69, 9.17) is 9.72 Å². The van der Waals surface area contributed by atoms with E-state index < -0.39 is 27.1 Å². The number of carbonyl (C=O) groups is 2. The van der Waals surface area contributed by atoms with Gasteiger partial charge in [0.05, 0.1) is 24.7 Å². The maximum atomic E-state index is 13.7. The number of anilines is 5. The molecular formula is C34H41N7O5S. The van der Waals surface area contributed by atoms with Crippen molar-refractivity contribution in [2.24, 2.45) is 0 Å². The molecule has 4 aromatic rings. The molecule has 1 unspecified atom stereocenters. The molecule has 1 amide bonds. The number of nitrogens with one attached hydrogen (secondary N) is 3. The lowest BCUT2D eigenvalue weighted by molar-refractivity contribution is -0.112. The van der Waals surface area contributed by atoms with Crippen molar-refractivity contribution >= 4 is 61.3 Å². The van der Waals surface area contributed by atoms with Gasteiger partial charge >= 0.3 is 0 Å². The Kier molecular flexibility index (Phi) is 9.41. The summed E-state index contributed by atoms with van der Waals surface area (Å²) in [5, 5.41) is 7.35. The fourth-order valence-electron chi connectivity index (χ4n) is 5.61. The van der Waals surface area contributed by atoms with Crippen molar-refractivity contribution in [3.8, 4) is 5.75 Å². The summed E-state index contributed by atoms with van der Waals surface area (Å²) >= 11 is 0. The van der Waals surface area contributed by atoms with E-state index in [0.717, 1.165) is 36.7 Å². The molecule has 0 bridgehead atoms. The van der Waals surface area contributed by atoms with Gasteiger partial charge in [-0.05, 0) is 67.2 Å². The number of amides is 1. The summed E-state index contributed by atoms with van der Waals surface area (Å²) < 4.78 is 32.2. The van der Waals surface area contributed by atoms with Gasteiger partial charge in [-0.25, -0.2) is 13.4 Å². The van der Waals surface area contributed by atoms with Crippen molar-refractivity contribution in [1.29, 1.82) is 0 Å². The average Bonchev–Trinajstić information content (AvgIpc) is 3.51. The Hall–Kier alpha value is -4.75. The monoisotopic (exact) mass is 659 g/mol. The molecule has 2 heterocycles. The van der Waals surface area contributed by atoms with Crippen LogP contribution in [0.2, 0.25) is 0 Å². The molecule has 13 heteroatoms. The summed E-state index contributed by atoms with van der Waals surface area (Å²) in [7, 11) is 1.85. The Morgan fingerprint density at radius 1 is 1.00 bits per heavy atom. The number of ketones is 1. The van der Waals surface area contributed by atoms with Crippen molar-refractivity contribution in [2.75, 3.05) is 60.8 Å². The van der Waals surface area contributed by atoms with Crippen LogP contribution < -0.4 is 25.0 Å². The summed E-state index contributed by atoms with van der Waals surface area (Å²) in [5.74, 6) is -0.318. The third-order valence-electron chi connectivity index (χ3n) is 8.16. The van der Waals surface area contributed by atoms with E-state index in [1.54, 1.807) is 48.7 Å². The second-order valence-corrected chi connectivity index (χ2v) is 14.7. The Labute approximate surface area is 275 Å². The highest BCUT2D eigenvalue weighted by Crippen LogP contribution is 2.39. The van der Waals surface area contributed by atoms with Crippen LogP contribution in [0.3, 0.4) is 0 Å². The van der Waals surface area contributed by atoms with Gasteiger partial charge < -0.3 is 25.2 Å².